The van der Waals surface area contributed by atoms with Crippen molar-refractivity contribution in [1.29, 1.82) is 0 Å². The van der Waals surface area contributed by atoms with Crippen LogP contribution in [0.15, 0.2) is 0 Å². The molecule has 1 aliphatic heterocycles. The fourth-order valence-corrected chi connectivity index (χ4v) is 1.49. The summed E-state index contributed by atoms with van der Waals surface area (Å²) >= 11 is 3.89. The molecule has 0 spiro atoms. The van der Waals surface area contributed by atoms with Gasteiger partial charge in [-0.05, 0) is 0 Å². The summed E-state index contributed by atoms with van der Waals surface area (Å²) in [7, 11) is 0. The van der Waals surface area contributed by atoms with Crippen molar-refractivity contribution in [3.05, 3.63) is 0 Å². The Bertz CT molecular complexity index is 154. The molecule has 0 aromatic carbocycles. The Hall–Kier alpha value is 0.150. The monoisotopic (exact) mass is 195 g/mol. The minimum atomic E-state index is -1.05. The van der Waals surface area contributed by atoms with Gasteiger partial charge in [0.05, 0.1) is 12.6 Å². The van der Waals surface area contributed by atoms with Crippen LogP contribution in [0.3, 0.4) is 0 Å². The molecule has 0 amide bonds. The molecule has 72 valence electrons. The topological polar surface area (TPSA) is 95.9 Å². The summed E-state index contributed by atoms with van der Waals surface area (Å²) in [5, 5.41) is 27.3. The van der Waals surface area contributed by atoms with Crippen molar-refractivity contribution < 1.29 is 20.1 Å². The molecule has 1 fully saturated rings. The lowest BCUT2D eigenvalue weighted by Gasteiger charge is -2.38. The lowest BCUT2D eigenvalue weighted by molar-refractivity contribution is -0.159. The molecule has 5 nitrogen and oxygen atoms in total. The van der Waals surface area contributed by atoms with Crippen molar-refractivity contribution in [3.8, 4) is 0 Å². The summed E-state index contributed by atoms with van der Waals surface area (Å²) in [6.07, 6.45) is -2.81. The summed E-state index contributed by atoms with van der Waals surface area (Å²) in [5.74, 6) is 0. The lowest BCUT2D eigenvalue weighted by Crippen LogP contribution is -2.60. The largest absolute Gasteiger partial charge is 0.394 e. The highest BCUT2D eigenvalue weighted by Gasteiger charge is 2.40. The van der Waals surface area contributed by atoms with Crippen LogP contribution in [-0.4, -0.2) is 51.7 Å². The van der Waals surface area contributed by atoms with E-state index >= 15 is 0 Å². The minimum Gasteiger partial charge on any atom is -0.394 e. The van der Waals surface area contributed by atoms with Gasteiger partial charge in [-0.3, -0.25) is 0 Å². The highest BCUT2D eigenvalue weighted by Crippen LogP contribution is 2.21. The SMILES string of the molecule is NC1C(O)C(S)OC(CO)C1O. The number of aliphatic hydroxyl groups is 3. The molecule has 0 aliphatic carbocycles. The molecule has 1 aliphatic rings. The van der Waals surface area contributed by atoms with E-state index in [1.54, 1.807) is 0 Å². The van der Waals surface area contributed by atoms with E-state index in [4.69, 9.17) is 15.6 Å². The predicted molar refractivity (Wildman–Crippen MR) is 44.7 cm³/mol. The Kier molecular flexibility index (Phi) is 3.33. The number of aliphatic hydroxyl groups excluding tert-OH is 3. The smallest absolute Gasteiger partial charge is 0.128 e. The first kappa shape index (κ1) is 10.2. The average Bonchev–Trinajstić information content (AvgIpc) is 2.08. The maximum absolute atomic E-state index is 9.32. The summed E-state index contributed by atoms with van der Waals surface area (Å²) in [6, 6.07) is -0.821. The van der Waals surface area contributed by atoms with Crippen LogP contribution < -0.4 is 5.73 Å². The van der Waals surface area contributed by atoms with Crippen LogP contribution in [0.25, 0.3) is 0 Å². The third-order valence-electron chi connectivity index (χ3n) is 1.96. The summed E-state index contributed by atoms with van der Waals surface area (Å²) in [4.78, 5) is 0. The zero-order valence-electron chi connectivity index (χ0n) is 6.37. The quantitative estimate of drug-likeness (QED) is 0.303. The van der Waals surface area contributed by atoms with Gasteiger partial charge in [0.15, 0.2) is 0 Å². The van der Waals surface area contributed by atoms with Crippen LogP contribution in [0, 0.1) is 0 Å². The standard InChI is InChI=1S/C6H13NO4S/c7-3-4(9)2(1-8)11-6(12)5(3)10/h2-6,8-10,12H,1,7H2. The van der Waals surface area contributed by atoms with Gasteiger partial charge in [0.1, 0.15) is 23.7 Å². The van der Waals surface area contributed by atoms with Crippen LogP contribution in [0.4, 0.5) is 0 Å². The van der Waals surface area contributed by atoms with Crippen molar-refractivity contribution in [2.24, 2.45) is 5.73 Å². The maximum Gasteiger partial charge on any atom is 0.128 e. The van der Waals surface area contributed by atoms with Gasteiger partial charge in [-0.15, -0.1) is 12.6 Å². The highest BCUT2D eigenvalue weighted by atomic mass is 32.1. The summed E-state index contributed by atoms with van der Waals surface area (Å²) < 4.78 is 4.96. The summed E-state index contributed by atoms with van der Waals surface area (Å²) in [5.41, 5.74) is 4.69. The van der Waals surface area contributed by atoms with Crippen LogP contribution in [0.1, 0.15) is 0 Å². The van der Waals surface area contributed by atoms with Gasteiger partial charge >= 0.3 is 0 Å². The number of hydrogen-bond donors (Lipinski definition) is 5. The Morgan fingerprint density at radius 3 is 2.42 bits per heavy atom. The summed E-state index contributed by atoms with van der Waals surface area (Å²) in [6.45, 7) is -0.335. The zero-order valence-corrected chi connectivity index (χ0v) is 7.26. The van der Waals surface area contributed by atoms with E-state index in [2.05, 4.69) is 12.6 Å². The van der Waals surface area contributed by atoms with Gasteiger partial charge in [-0.2, -0.15) is 0 Å². The molecule has 0 radical (unpaired) electrons. The Morgan fingerprint density at radius 1 is 1.33 bits per heavy atom. The Labute approximate surface area is 75.5 Å². The third kappa shape index (κ3) is 1.73. The normalized spacial score (nSPS) is 49.2. The molecule has 5 unspecified atom stereocenters. The van der Waals surface area contributed by atoms with E-state index in [0.717, 1.165) is 0 Å². The second-order valence-electron chi connectivity index (χ2n) is 2.81. The molecule has 0 bridgehead atoms. The molecule has 1 rings (SSSR count). The minimum absolute atomic E-state index is 0.335. The van der Waals surface area contributed by atoms with Crippen LogP contribution >= 0.6 is 12.6 Å². The van der Waals surface area contributed by atoms with Gasteiger partial charge in [0.2, 0.25) is 0 Å². The van der Waals surface area contributed by atoms with Gasteiger partial charge in [-0.1, -0.05) is 0 Å². The third-order valence-corrected chi connectivity index (χ3v) is 2.38. The van der Waals surface area contributed by atoms with E-state index in [1.807, 2.05) is 0 Å². The predicted octanol–water partition coefficient (Wildman–Crippen LogP) is -2.32. The van der Waals surface area contributed by atoms with Gasteiger partial charge < -0.3 is 25.8 Å². The molecule has 0 aromatic heterocycles. The van der Waals surface area contributed by atoms with Crippen molar-refractivity contribution in [2.45, 2.75) is 29.8 Å². The molecular weight excluding hydrogens is 182 g/mol. The van der Waals surface area contributed by atoms with Gasteiger partial charge in [0.25, 0.3) is 0 Å². The van der Waals surface area contributed by atoms with E-state index in [9.17, 15) is 10.2 Å². The zero-order chi connectivity index (χ0) is 9.30. The molecule has 1 saturated heterocycles. The van der Waals surface area contributed by atoms with E-state index in [0.29, 0.717) is 0 Å². The van der Waals surface area contributed by atoms with Crippen molar-refractivity contribution in [3.63, 3.8) is 0 Å². The Morgan fingerprint density at radius 2 is 1.92 bits per heavy atom. The second kappa shape index (κ2) is 3.91. The highest BCUT2D eigenvalue weighted by molar-refractivity contribution is 7.80. The number of ether oxygens (including phenoxy) is 1. The maximum atomic E-state index is 9.32. The average molecular weight is 195 g/mol. The Balaban J connectivity index is 2.63. The van der Waals surface area contributed by atoms with Crippen LogP contribution in [-0.2, 0) is 4.74 Å². The first-order valence-electron chi connectivity index (χ1n) is 3.64. The molecule has 5 N–H and O–H groups in total. The molecule has 0 saturated carbocycles. The first-order chi connectivity index (χ1) is 5.57. The molecule has 6 heteroatoms. The number of thiol groups is 1. The molecule has 0 aromatic rings. The van der Waals surface area contributed by atoms with E-state index in [-0.39, 0.29) is 6.61 Å². The first-order valence-corrected chi connectivity index (χ1v) is 4.15. The molecule has 12 heavy (non-hydrogen) atoms. The van der Waals surface area contributed by atoms with Crippen molar-refractivity contribution in [1.82, 2.24) is 0 Å². The number of nitrogens with two attached hydrogens (primary N) is 1. The fraction of sp³-hybridized carbons (Fsp3) is 1.00. The molecular formula is C6H13NO4S. The van der Waals surface area contributed by atoms with Crippen molar-refractivity contribution >= 4 is 12.6 Å². The fourth-order valence-electron chi connectivity index (χ4n) is 1.13. The van der Waals surface area contributed by atoms with Crippen LogP contribution in [0.2, 0.25) is 0 Å². The molecule has 5 atom stereocenters. The number of hydrogen-bond acceptors (Lipinski definition) is 6. The second-order valence-corrected chi connectivity index (χ2v) is 3.32. The van der Waals surface area contributed by atoms with Gasteiger partial charge in [-0.25, -0.2) is 0 Å². The van der Waals surface area contributed by atoms with Gasteiger partial charge in [0, 0.05) is 0 Å². The van der Waals surface area contributed by atoms with Crippen molar-refractivity contribution in [2.75, 3.05) is 6.61 Å². The molecule has 1 heterocycles. The van der Waals surface area contributed by atoms with E-state index < -0.39 is 29.8 Å². The van der Waals surface area contributed by atoms with Crippen LogP contribution in [0.5, 0.6) is 0 Å². The number of rotatable bonds is 1. The van der Waals surface area contributed by atoms with E-state index in [1.165, 1.54) is 0 Å². The lowest BCUT2D eigenvalue weighted by atomic mass is 9.98.